The molecular weight excluding hydrogens is 88.1 g/mol. The monoisotopic (exact) mass is 102 g/mol. The van der Waals surface area contributed by atoms with Crippen LogP contribution in [0.25, 0.3) is 0 Å². The van der Waals surface area contributed by atoms with Crippen LogP contribution in [-0.4, -0.2) is 11.7 Å². The van der Waals surface area contributed by atoms with Gasteiger partial charge < -0.3 is 5.11 Å². The van der Waals surface area contributed by atoms with Gasteiger partial charge in [0.15, 0.2) is 0 Å². The Morgan fingerprint density at radius 3 is 1.14 bits per heavy atom. The third-order valence-electron chi connectivity index (χ3n) is 0. The molecule has 0 amide bonds. The maximum atomic E-state index is 7.57. The van der Waals surface area contributed by atoms with Crippen LogP contribution in [0.5, 0.6) is 0 Å². The molecule has 1 nitrogen and oxygen atoms in total. The lowest BCUT2D eigenvalue weighted by Gasteiger charge is -1.52. The van der Waals surface area contributed by atoms with Crippen molar-refractivity contribution in [1.82, 2.24) is 0 Å². The largest absolute Gasteiger partial charge is 0.397 e. The summed E-state index contributed by atoms with van der Waals surface area (Å²) < 4.78 is 0. The van der Waals surface area contributed by atoms with Crippen molar-refractivity contribution in [2.45, 2.75) is 6.92 Å². The van der Waals surface area contributed by atoms with Crippen LogP contribution in [0, 0.1) is 0 Å². The molecule has 0 radical (unpaired) electrons. The summed E-state index contributed by atoms with van der Waals surface area (Å²) in [5, 5.41) is 7.57. The van der Waals surface area contributed by atoms with Crippen molar-refractivity contribution in [2.24, 2.45) is 0 Å². The van der Waals surface area contributed by atoms with Gasteiger partial charge in [0, 0.05) is 6.61 Å². The lowest BCUT2D eigenvalue weighted by atomic mass is 10.9. The molecule has 0 spiro atoms. The van der Waals surface area contributed by atoms with Gasteiger partial charge in [-0.2, -0.15) is 0 Å². The van der Waals surface area contributed by atoms with Gasteiger partial charge in [0.2, 0.25) is 0 Å². The van der Waals surface area contributed by atoms with E-state index in [0.29, 0.717) is 0 Å². The summed E-state index contributed by atoms with van der Waals surface area (Å²) in [6, 6.07) is 0. The normalized spacial score (nSPS) is 3.71. The standard InChI is InChI=1S/C2H6O.2C2H4/c1-2-3;2*1-2/h3H,2H2,1H3;2*1-2H2. The van der Waals surface area contributed by atoms with Crippen LogP contribution >= 0.6 is 0 Å². The van der Waals surface area contributed by atoms with Gasteiger partial charge in [-0.3, -0.25) is 0 Å². The highest BCUT2D eigenvalue weighted by atomic mass is 16.2. The number of aliphatic hydroxyl groups excluding tert-OH is 1. The highest BCUT2D eigenvalue weighted by molar-refractivity contribution is 4.22. The Morgan fingerprint density at radius 2 is 1.14 bits per heavy atom. The Hall–Kier alpha value is -0.560. The van der Waals surface area contributed by atoms with E-state index in [-0.39, 0.29) is 6.61 Å². The molecule has 0 heterocycles. The molecule has 0 fully saturated rings. The lowest BCUT2D eigenvalue weighted by molar-refractivity contribution is 0.318. The zero-order valence-electron chi connectivity index (χ0n) is 4.98. The number of aliphatic hydroxyl groups is 1. The maximum Gasteiger partial charge on any atom is 0.0402 e. The molecule has 1 N–H and O–H groups in total. The van der Waals surface area contributed by atoms with Gasteiger partial charge in [-0.1, -0.05) is 0 Å². The van der Waals surface area contributed by atoms with Gasteiger partial charge in [0.25, 0.3) is 0 Å². The van der Waals surface area contributed by atoms with Crippen molar-refractivity contribution in [3.63, 3.8) is 0 Å². The average Bonchev–Trinajstić information content (AvgIpc) is 1.78. The summed E-state index contributed by atoms with van der Waals surface area (Å²) in [6.07, 6.45) is 0. The first-order valence-electron chi connectivity index (χ1n) is 2.02. The second-order valence-corrected chi connectivity index (χ2v) is 0.316. The maximum absolute atomic E-state index is 7.57. The van der Waals surface area contributed by atoms with E-state index in [1.807, 2.05) is 0 Å². The van der Waals surface area contributed by atoms with Crippen molar-refractivity contribution in [3.8, 4) is 0 Å². The SMILES string of the molecule is C=C.C=C.CCO. The molecule has 0 aliphatic carbocycles. The molecule has 0 aliphatic rings. The fourth-order valence-corrected chi connectivity index (χ4v) is 0. The van der Waals surface area contributed by atoms with Crippen LogP contribution in [0.4, 0.5) is 0 Å². The smallest absolute Gasteiger partial charge is 0.0402 e. The van der Waals surface area contributed by atoms with E-state index in [1.54, 1.807) is 6.92 Å². The van der Waals surface area contributed by atoms with Crippen molar-refractivity contribution in [3.05, 3.63) is 26.3 Å². The summed E-state index contributed by atoms with van der Waals surface area (Å²) in [7, 11) is 0. The molecule has 0 atom stereocenters. The Morgan fingerprint density at radius 1 is 1.14 bits per heavy atom. The van der Waals surface area contributed by atoms with Crippen molar-refractivity contribution < 1.29 is 5.11 Å². The lowest BCUT2D eigenvalue weighted by Crippen LogP contribution is -1.57. The van der Waals surface area contributed by atoms with Crippen molar-refractivity contribution >= 4 is 0 Å². The van der Waals surface area contributed by atoms with Crippen molar-refractivity contribution in [1.29, 1.82) is 0 Å². The minimum Gasteiger partial charge on any atom is -0.397 e. The van der Waals surface area contributed by atoms with E-state index in [2.05, 4.69) is 26.3 Å². The third kappa shape index (κ3) is 205. The first-order chi connectivity index (χ1) is 3.41. The molecule has 44 valence electrons. The van der Waals surface area contributed by atoms with Crippen LogP contribution in [0.3, 0.4) is 0 Å². The minimum atomic E-state index is 0.250. The fraction of sp³-hybridized carbons (Fsp3) is 0.333. The highest BCUT2D eigenvalue weighted by Gasteiger charge is 1.34. The predicted octanol–water partition coefficient (Wildman–Crippen LogP) is 1.60. The molecular formula is C6H14O. The van der Waals surface area contributed by atoms with Crippen LogP contribution in [0.2, 0.25) is 0 Å². The van der Waals surface area contributed by atoms with Gasteiger partial charge in [-0.05, 0) is 6.92 Å². The molecule has 0 rings (SSSR count). The van der Waals surface area contributed by atoms with Gasteiger partial charge in [-0.15, -0.1) is 26.3 Å². The number of rotatable bonds is 0. The summed E-state index contributed by atoms with van der Waals surface area (Å²) in [4.78, 5) is 0. The Kier molecular flexibility index (Phi) is 1270. The summed E-state index contributed by atoms with van der Waals surface area (Å²) in [6.45, 7) is 13.9. The Bertz CT molecular complexity index is 11.7. The molecule has 0 aliphatic heterocycles. The van der Waals surface area contributed by atoms with Crippen LogP contribution in [0.1, 0.15) is 6.92 Å². The topological polar surface area (TPSA) is 20.2 Å². The van der Waals surface area contributed by atoms with E-state index in [4.69, 9.17) is 5.11 Å². The zero-order chi connectivity index (χ0) is 6.71. The molecule has 0 bridgehead atoms. The summed E-state index contributed by atoms with van der Waals surface area (Å²) in [5.74, 6) is 0. The number of hydrogen-bond acceptors (Lipinski definition) is 1. The predicted molar refractivity (Wildman–Crippen MR) is 35.3 cm³/mol. The van der Waals surface area contributed by atoms with Gasteiger partial charge in [0.05, 0.1) is 0 Å². The van der Waals surface area contributed by atoms with E-state index in [1.165, 1.54) is 0 Å². The van der Waals surface area contributed by atoms with Gasteiger partial charge in [0.1, 0.15) is 0 Å². The molecule has 0 saturated carbocycles. The summed E-state index contributed by atoms with van der Waals surface area (Å²) >= 11 is 0. The van der Waals surface area contributed by atoms with Crippen LogP contribution < -0.4 is 0 Å². The third-order valence-corrected chi connectivity index (χ3v) is 0. The van der Waals surface area contributed by atoms with Crippen LogP contribution in [-0.2, 0) is 0 Å². The highest BCUT2D eigenvalue weighted by Crippen LogP contribution is 1.30. The molecule has 0 aromatic carbocycles. The molecule has 1 heteroatoms. The average molecular weight is 102 g/mol. The second kappa shape index (κ2) is 554. The number of hydrogen-bond donors (Lipinski definition) is 1. The summed E-state index contributed by atoms with van der Waals surface area (Å²) in [5.41, 5.74) is 0. The van der Waals surface area contributed by atoms with Gasteiger partial charge in [-0.25, -0.2) is 0 Å². The Balaban J connectivity index is -0.0000000360. The first kappa shape index (κ1) is 16.1. The first-order valence-corrected chi connectivity index (χ1v) is 2.02. The van der Waals surface area contributed by atoms with E-state index in [0.717, 1.165) is 0 Å². The van der Waals surface area contributed by atoms with E-state index >= 15 is 0 Å². The molecule has 0 aromatic heterocycles. The molecule has 0 aromatic rings. The van der Waals surface area contributed by atoms with Crippen LogP contribution in [0.15, 0.2) is 26.3 Å². The van der Waals surface area contributed by atoms with E-state index < -0.39 is 0 Å². The minimum absolute atomic E-state index is 0.250. The van der Waals surface area contributed by atoms with Gasteiger partial charge >= 0.3 is 0 Å². The Labute approximate surface area is 46.0 Å². The molecule has 0 saturated heterocycles. The second-order valence-electron chi connectivity index (χ2n) is 0.316. The van der Waals surface area contributed by atoms with E-state index in [9.17, 15) is 0 Å². The molecule has 7 heavy (non-hydrogen) atoms. The molecule has 0 unspecified atom stereocenters. The quantitative estimate of drug-likeness (QED) is 0.461. The fourth-order valence-electron chi connectivity index (χ4n) is 0. The zero-order valence-corrected chi connectivity index (χ0v) is 4.98. The van der Waals surface area contributed by atoms with Crippen molar-refractivity contribution in [2.75, 3.05) is 6.61 Å².